The first-order valence-corrected chi connectivity index (χ1v) is 16.3. The molecule has 0 bridgehead atoms. The van der Waals surface area contributed by atoms with Crippen molar-refractivity contribution in [3.63, 3.8) is 0 Å². The van der Waals surface area contributed by atoms with Crippen LogP contribution in [0.2, 0.25) is 0 Å². The summed E-state index contributed by atoms with van der Waals surface area (Å²) in [5.74, 6) is -1.31. The average molecular weight is 743 g/mol. The second-order valence-electron chi connectivity index (χ2n) is 11.9. The highest BCUT2D eigenvalue weighted by molar-refractivity contribution is 5.88. The Morgan fingerprint density at radius 2 is 1.35 bits per heavy atom. The van der Waals surface area contributed by atoms with Gasteiger partial charge in [0.15, 0.2) is 23.5 Å². The van der Waals surface area contributed by atoms with Gasteiger partial charge in [0.05, 0.1) is 32.5 Å². The smallest absolute Gasteiger partial charge is 0.239 e. The lowest BCUT2D eigenvalue weighted by molar-refractivity contribution is -0.318. The van der Waals surface area contributed by atoms with Crippen LogP contribution in [-0.4, -0.2) is 159 Å². The molecule has 0 unspecified atom stereocenters. The van der Waals surface area contributed by atoms with Crippen LogP contribution in [0.5, 0.6) is 28.7 Å². The lowest BCUT2D eigenvalue weighted by Gasteiger charge is -2.42. The summed E-state index contributed by atoms with van der Waals surface area (Å²) in [6.07, 6.45) is -16.3. The van der Waals surface area contributed by atoms with E-state index in [0.29, 0.717) is 0 Å². The maximum Gasteiger partial charge on any atom is 0.239 e. The van der Waals surface area contributed by atoms with Gasteiger partial charge in [-0.05, 0) is 25.1 Å². The third kappa shape index (κ3) is 8.36. The average Bonchev–Trinajstić information content (AvgIpc) is 3.13. The van der Waals surface area contributed by atoms with Gasteiger partial charge in [-0.2, -0.15) is 0 Å². The minimum absolute atomic E-state index is 0.0380. The molecule has 52 heavy (non-hydrogen) atoms. The normalized spacial score (nSPS) is 29.2. The molecule has 2 aliphatic heterocycles. The van der Waals surface area contributed by atoms with Crippen molar-refractivity contribution in [1.82, 2.24) is 0 Å². The zero-order chi connectivity index (χ0) is 37.7. The maximum atomic E-state index is 14.1. The molecule has 0 saturated carbocycles. The molecule has 2 fully saturated rings. The van der Waals surface area contributed by atoms with Gasteiger partial charge in [-0.25, -0.2) is 0 Å². The van der Waals surface area contributed by atoms with Crippen LogP contribution in [0.1, 0.15) is 6.92 Å². The van der Waals surface area contributed by atoms with E-state index in [-0.39, 0.29) is 79.2 Å². The molecular weight excluding hydrogens is 700 g/mol. The Kier molecular flexibility index (Phi) is 13.1. The van der Waals surface area contributed by atoms with E-state index >= 15 is 0 Å². The molecule has 5 rings (SSSR count). The van der Waals surface area contributed by atoms with E-state index in [2.05, 4.69) is 0 Å². The highest BCUT2D eigenvalue weighted by Crippen LogP contribution is 2.40. The topological polar surface area (TPSA) is 297 Å². The van der Waals surface area contributed by atoms with Crippen LogP contribution in [0.4, 0.5) is 0 Å². The van der Waals surface area contributed by atoms with Crippen LogP contribution in [0.3, 0.4) is 0 Å². The van der Waals surface area contributed by atoms with Gasteiger partial charge in [0.25, 0.3) is 0 Å². The Hall–Kier alpha value is -3.83. The van der Waals surface area contributed by atoms with Crippen LogP contribution < -0.4 is 24.4 Å². The van der Waals surface area contributed by atoms with Crippen molar-refractivity contribution in [2.75, 3.05) is 46.2 Å². The summed E-state index contributed by atoms with van der Waals surface area (Å²) in [6, 6.07) is 6.59. The van der Waals surface area contributed by atoms with E-state index < -0.39 is 84.9 Å². The predicted octanol–water partition coefficient (Wildman–Crippen LogP) is -2.69. The van der Waals surface area contributed by atoms with Gasteiger partial charge in [-0.15, -0.1) is 0 Å². The number of benzene rings is 2. The monoisotopic (exact) mass is 742 g/mol. The molecule has 1 aromatic heterocycles. The van der Waals surface area contributed by atoms with Crippen molar-refractivity contribution in [3.05, 3.63) is 40.6 Å². The van der Waals surface area contributed by atoms with Gasteiger partial charge in [0, 0.05) is 17.7 Å². The molecule has 10 N–H and O–H groups in total. The SMILES string of the molecule is C[C@@H]1O[C@H](OC[C@@H]2O[C@H](Oc3c(-c4ccc(OCCO)c(OCCO)c4)oc4cc(OCCO)cc(O)c4c3=O)[C@@H](O)[C@H](O)[C@H]2O)[C@@H](O)[C@H](O)[C@H]1O. The third-order valence-corrected chi connectivity index (χ3v) is 8.31. The summed E-state index contributed by atoms with van der Waals surface area (Å²) in [7, 11) is 0. The van der Waals surface area contributed by atoms with Crippen LogP contribution in [0.25, 0.3) is 22.3 Å². The fourth-order valence-corrected chi connectivity index (χ4v) is 5.60. The van der Waals surface area contributed by atoms with Crippen LogP contribution in [-0.2, 0) is 14.2 Å². The standard InChI is InChI=1S/C33H42O19/c1-14-23(38)26(41)28(43)32(49-14)48-13-21-24(39)27(42)29(44)33(51-21)52-31-25(40)22-17(37)11-16(45-7-4-34)12-20(22)50-30(31)15-2-3-18(46-8-5-35)19(10-15)47-9-6-36/h2-3,10-12,14,21,23-24,26-29,32-39,41-44H,4-9,13H2,1H3/t14-,21-,23-,24-,26+,27+,28-,29-,32-,33+/m0/s1. The molecule has 2 aromatic carbocycles. The first-order chi connectivity index (χ1) is 24.9. The lowest BCUT2D eigenvalue weighted by Crippen LogP contribution is -2.61. The highest BCUT2D eigenvalue weighted by Gasteiger charge is 2.48. The number of hydrogen-bond acceptors (Lipinski definition) is 19. The lowest BCUT2D eigenvalue weighted by atomic mass is 9.98. The molecule has 2 saturated heterocycles. The quantitative estimate of drug-likeness (QED) is 0.0758. The second kappa shape index (κ2) is 17.3. The number of fused-ring (bicyclic) bond motifs is 1. The molecule has 0 spiro atoms. The maximum absolute atomic E-state index is 14.1. The van der Waals surface area contributed by atoms with Crippen molar-refractivity contribution in [3.8, 4) is 40.1 Å². The molecule has 0 aliphatic carbocycles. The van der Waals surface area contributed by atoms with E-state index in [9.17, 15) is 55.9 Å². The van der Waals surface area contributed by atoms with E-state index in [4.69, 9.17) is 37.6 Å². The summed E-state index contributed by atoms with van der Waals surface area (Å²) < 4.78 is 45.1. The first kappa shape index (κ1) is 39.4. The Bertz CT molecular complexity index is 1700. The Balaban J connectivity index is 1.53. The number of aromatic hydroxyl groups is 1. The molecule has 19 heteroatoms. The number of ether oxygens (including phenoxy) is 7. The highest BCUT2D eigenvalue weighted by atomic mass is 16.7. The summed E-state index contributed by atoms with van der Waals surface area (Å²) >= 11 is 0. The number of aliphatic hydroxyl groups is 9. The number of rotatable bonds is 15. The second-order valence-corrected chi connectivity index (χ2v) is 11.9. The van der Waals surface area contributed by atoms with Crippen molar-refractivity contribution in [2.45, 2.75) is 68.3 Å². The van der Waals surface area contributed by atoms with Crippen LogP contribution >= 0.6 is 0 Å². The molecule has 0 amide bonds. The summed E-state index contributed by atoms with van der Waals surface area (Å²) in [5.41, 5.74) is -1.08. The number of aliphatic hydroxyl groups excluding tert-OH is 9. The van der Waals surface area contributed by atoms with Gasteiger partial charge >= 0.3 is 0 Å². The van der Waals surface area contributed by atoms with E-state index in [1.807, 2.05) is 0 Å². The molecule has 2 aliphatic rings. The zero-order valence-electron chi connectivity index (χ0n) is 27.8. The van der Waals surface area contributed by atoms with Crippen LogP contribution in [0, 0.1) is 0 Å². The largest absolute Gasteiger partial charge is 0.507 e. The predicted molar refractivity (Wildman–Crippen MR) is 173 cm³/mol. The Morgan fingerprint density at radius 3 is 2.04 bits per heavy atom. The minimum Gasteiger partial charge on any atom is -0.507 e. The zero-order valence-corrected chi connectivity index (χ0v) is 27.8. The molecule has 3 heterocycles. The van der Waals surface area contributed by atoms with Crippen molar-refractivity contribution in [1.29, 1.82) is 0 Å². The Morgan fingerprint density at radius 1 is 0.712 bits per heavy atom. The van der Waals surface area contributed by atoms with E-state index in [1.54, 1.807) is 0 Å². The molecule has 10 atom stereocenters. The first-order valence-electron chi connectivity index (χ1n) is 16.3. The van der Waals surface area contributed by atoms with Crippen molar-refractivity contribution >= 4 is 11.0 Å². The van der Waals surface area contributed by atoms with Gasteiger partial charge < -0.3 is 88.6 Å². The minimum atomic E-state index is -1.98. The van der Waals surface area contributed by atoms with Gasteiger partial charge in [-0.3, -0.25) is 4.79 Å². The molecular formula is C33H42O19. The van der Waals surface area contributed by atoms with Gasteiger partial charge in [-0.1, -0.05) is 0 Å². The number of phenolic OH excluding ortho intramolecular Hbond substituents is 1. The molecule has 19 nitrogen and oxygen atoms in total. The van der Waals surface area contributed by atoms with Crippen LogP contribution in [0.15, 0.2) is 39.5 Å². The van der Waals surface area contributed by atoms with E-state index in [0.717, 1.165) is 6.07 Å². The van der Waals surface area contributed by atoms with Gasteiger partial charge in [0.2, 0.25) is 17.5 Å². The fraction of sp³-hybridized carbons (Fsp3) is 0.545. The molecule has 288 valence electrons. The fourth-order valence-electron chi connectivity index (χ4n) is 5.60. The van der Waals surface area contributed by atoms with Gasteiger partial charge in [0.1, 0.15) is 85.0 Å². The van der Waals surface area contributed by atoms with Crippen molar-refractivity contribution in [2.24, 2.45) is 0 Å². The number of hydrogen-bond donors (Lipinski definition) is 10. The summed E-state index contributed by atoms with van der Waals surface area (Å²) in [6.45, 7) is -0.648. The van der Waals surface area contributed by atoms with Crippen molar-refractivity contribution < 1.29 is 88.6 Å². The van der Waals surface area contributed by atoms with E-state index in [1.165, 1.54) is 31.2 Å². The molecule has 3 aromatic rings. The third-order valence-electron chi connectivity index (χ3n) is 8.31. The summed E-state index contributed by atoms with van der Waals surface area (Å²) in [5, 5.41) is 101. The molecule has 0 radical (unpaired) electrons. The Labute approximate surface area is 294 Å². The summed E-state index contributed by atoms with van der Waals surface area (Å²) in [4.78, 5) is 14.1. The number of phenols is 1.